The Balaban J connectivity index is 1.54. The molecule has 1 fully saturated rings. The van der Waals surface area contributed by atoms with Crippen molar-refractivity contribution in [2.75, 3.05) is 12.0 Å². The molecule has 3 heterocycles. The number of ether oxygens (including phenoxy) is 1. The minimum Gasteiger partial charge on any atom is -0.465 e. The summed E-state index contributed by atoms with van der Waals surface area (Å²) >= 11 is 0. The number of para-hydroxylation sites is 2. The fraction of sp³-hybridized carbons (Fsp3) is 0.148. The molecule has 174 valence electrons. The highest BCUT2D eigenvalue weighted by Crippen LogP contribution is 2.45. The lowest BCUT2D eigenvalue weighted by molar-refractivity contribution is -0.120. The summed E-state index contributed by atoms with van der Waals surface area (Å²) in [5, 5.41) is 0.975. The molecule has 8 heteroatoms. The molecule has 1 saturated heterocycles. The molecule has 1 N–H and O–H groups in total. The Kier molecular flexibility index (Phi) is 4.70. The maximum atomic E-state index is 13.9. The summed E-state index contributed by atoms with van der Waals surface area (Å²) in [5.41, 5.74) is 3.61. The quantitative estimate of drug-likeness (QED) is 0.352. The van der Waals surface area contributed by atoms with Crippen molar-refractivity contribution in [1.29, 1.82) is 0 Å². The number of aromatic nitrogens is 1. The number of rotatable bonds is 3. The number of carbonyl (C=O) groups excluding carboxylic acids is 3. The number of esters is 1. The van der Waals surface area contributed by atoms with Crippen LogP contribution in [0.5, 0.6) is 0 Å². The number of halogens is 1. The Morgan fingerprint density at radius 2 is 1.71 bits per heavy atom. The number of anilines is 1. The summed E-state index contributed by atoms with van der Waals surface area (Å²) in [6, 6.07) is 18.1. The topological polar surface area (TPSA) is 82.7 Å². The zero-order valence-corrected chi connectivity index (χ0v) is 18.7. The van der Waals surface area contributed by atoms with E-state index in [4.69, 9.17) is 4.74 Å². The Labute approximate surface area is 199 Å². The van der Waals surface area contributed by atoms with E-state index in [1.54, 1.807) is 30.3 Å². The smallest absolute Gasteiger partial charge is 0.339 e. The Morgan fingerprint density at radius 3 is 2.49 bits per heavy atom. The average molecular weight is 469 g/mol. The second kappa shape index (κ2) is 7.80. The molecule has 6 rings (SSSR count). The molecule has 2 aliphatic heterocycles. The van der Waals surface area contributed by atoms with E-state index in [9.17, 15) is 18.8 Å². The Morgan fingerprint density at radius 1 is 1.00 bits per heavy atom. The molecule has 0 spiro atoms. The standard InChI is InChI=1S/C27H20FN3O4/c1-35-26(33)18-7-3-5-9-21(18)31-25(32)22-14-19-17-6-2-4-8-20(17)29-23(19)24(30(22)27(31)34)15-10-12-16(28)13-11-15/h2-13,22,24,29H,14H2,1H3/t22-,24+/m0/s1. The van der Waals surface area contributed by atoms with Crippen LogP contribution in [0.1, 0.15) is 33.2 Å². The second-order valence-corrected chi connectivity index (χ2v) is 8.61. The van der Waals surface area contributed by atoms with Crippen LogP contribution in [-0.4, -0.2) is 40.9 Å². The lowest BCUT2D eigenvalue weighted by Crippen LogP contribution is -2.44. The predicted molar refractivity (Wildman–Crippen MR) is 127 cm³/mol. The van der Waals surface area contributed by atoms with Gasteiger partial charge < -0.3 is 9.72 Å². The fourth-order valence-electron chi connectivity index (χ4n) is 5.24. The number of amides is 3. The van der Waals surface area contributed by atoms with E-state index in [2.05, 4.69) is 4.98 Å². The molecule has 2 aliphatic rings. The zero-order chi connectivity index (χ0) is 24.3. The van der Waals surface area contributed by atoms with Gasteiger partial charge in [0.2, 0.25) is 0 Å². The number of carbonyl (C=O) groups is 3. The number of aromatic amines is 1. The van der Waals surface area contributed by atoms with Gasteiger partial charge in [-0.25, -0.2) is 18.9 Å². The lowest BCUT2D eigenvalue weighted by atomic mass is 9.89. The van der Waals surface area contributed by atoms with E-state index in [1.807, 2.05) is 24.3 Å². The van der Waals surface area contributed by atoms with Crippen molar-refractivity contribution in [3.8, 4) is 0 Å². The van der Waals surface area contributed by atoms with E-state index in [1.165, 1.54) is 30.2 Å². The van der Waals surface area contributed by atoms with Crippen molar-refractivity contribution >= 4 is 34.5 Å². The molecular formula is C27H20FN3O4. The van der Waals surface area contributed by atoms with Crippen LogP contribution in [0.4, 0.5) is 14.9 Å². The first-order valence-electron chi connectivity index (χ1n) is 11.2. The molecule has 3 amide bonds. The largest absolute Gasteiger partial charge is 0.465 e. The molecule has 0 unspecified atom stereocenters. The highest BCUT2D eigenvalue weighted by Gasteiger charge is 2.53. The first-order chi connectivity index (χ1) is 17.0. The van der Waals surface area contributed by atoms with Crippen LogP contribution in [0.25, 0.3) is 10.9 Å². The van der Waals surface area contributed by atoms with E-state index >= 15 is 0 Å². The van der Waals surface area contributed by atoms with E-state index in [0.717, 1.165) is 27.1 Å². The predicted octanol–water partition coefficient (Wildman–Crippen LogP) is 4.58. The van der Waals surface area contributed by atoms with Crippen LogP contribution in [-0.2, 0) is 16.0 Å². The third-order valence-electron chi connectivity index (χ3n) is 6.79. The fourth-order valence-corrected chi connectivity index (χ4v) is 5.24. The number of fused-ring (bicyclic) bond motifs is 4. The van der Waals surface area contributed by atoms with Crippen LogP contribution >= 0.6 is 0 Å². The van der Waals surface area contributed by atoms with E-state index in [0.29, 0.717) is 12.0 Å². The SMILES string of the molecule is COC(=O)c1ccccc1N1C(=O)[C@@H]2Cc3c([nH]c4ccccc34)[C@@H](c3ccc(F)cc3)N2C1=O. The number of urea groups is 1. The molecular weight excluding hydrogens is 449 g/mol. The molecule has 1 aromatic heterocycles. The minimum atomic E-state index is -0.782. The van der Waals surface area contributed by atoms with Crippen molar-refractivity contribution < 1.29 is 23.5 Å². The minimum absolute atomic E-state index is 0.124. The third kappa shape index (κ3) is 3.06. The van der Waals surface area contributed by atoms with Gasteiger partial charge in [0.15, 0.2) is 0 Å². The monoisotopic (exact) mass is 469 g/mol. The number of hydrogen-bond acceptors (Lipinski definition) is 4. The normalized spacial score (nSPS) is 19.1. The maximum Gasteiger partial charge on any atom is 0.339 e. The summed E-state index contributed by atoms with van der Waals surface area (Å²) in [6.45, 7) is 0. The first kappa shape index (κ1) is 21.1. The summed E-state index contributed by atoms with van der Waals surface area (Å²) in [6.07, 6.45) is 0.318. The Bertz CT molecular complexity index is 1510. The molecule has 35 heavy (non-hydrogen) atoms. The average Bonchev–Trinajstić information content (AvgIpc) is 3.37. The summed E-state index contributed by atoms with van der Waals surface area (Å²) < 4.78 is 18.6. The number of nitrogens with one attached hydrogen (secondary N) is 1. The maximum absolute atomic E-state index is 13.9. The van der Waals surface area contributed by atoms with Crippen molar-refractivity contribution in [3.05, 3.63) is 101 Å². The molecule has 3 aromatic carbocycles. The van der Waals surface area contributed by atoms with Gasteiger partial charge in [-0.2, -0.15) is 0 Å². The molecule has 0 radical (unpaired) electrons. The van der Waals surface area contributed by atoms with Crippen molar-refractivity contribution in [1.82, 2.24) is 9.88 Å². The molecule has 0 bridgehead atoms. The second-order valence-electron chi connectivity index (χ2n) is 8.61. The van der Waals surface area contributed by atoms with Gasteiger partial charge >= 0.3 is 12.0 Å². The van der Waals surface area contributed by atoms with Gasteiger partial charge in [0, 0.05) is 23.0 Å². The van der Waals surface area contributed by atoms with Crippen LogP contribution < -0.4 is 4.90 Å². The van der Waals surface area contributed by atoms with Gasteiger partial charge in [-0.3, -0.25) is 9.69 Å². The number of methoxy groups -OCH3 is 1. The molecule has 4 aromatic rings. The number of hydrogen-bond donors (Lipinski definition) is 1. The number of nitrogens with zero attached hydrogens (tertiary/aromatic N) is 2. The van der Waals surface area contributed by atoms with E-state index < -0.39 is 35.8 Å². The van der Waals surface area contributed by atoms with E-state index in [-0.39, 0.29) is 11.3 Å². The van der Waals surface area contributed by atoms with Gasteiger partial charge in [0.05, 0.1) is 18.4 Å². The number of imide groups is 1. The zero-order valence-electron chi connectivity index (χ0n) is 18.7. The molecule has 0 saturated carbocycles. The number of benzene rings is 3. The van der Waals surface area contributed by atoms with Gasteiger partial charge in [-0.15, -0.1) is 0 Å². The summed E-state index contributed by atoms with van der Waals surface area (Å²) in [5.74, 6) is -1.46. The number of H-pyrrole nitrogens is 1. The van der Waals surface area contributed by atoms with Crippen molar-refractivity contribution in [3.63, 3.8) is 0 Å². The highest BCUT2D eigenvalue weighted by molar-refractivity contribution is 6.23. The third-order valence-corrected chi connectivity index (χ3v) is 6.79. The molecule has 7 nitrogen and oxygen atoms in total. The van der Waals surface area contributed by atoms with Gasteiger partial charge in [-0.05, 0) is 41.5 Å². The van der Waals surface area contributed by atoms with Gasteiger partial charge in [0.1, 0.15) is 17.9 Å². The molecule has 2 atom stereocenters. The van der Waals surface area contributed by atoms with Crippen molar-refractivity contribution in [2.24, 2.45) is 0 Å². The van der Waals surface area contributed by atoms with Gasteiger partial charge in [-0.1, -0.05) is 42.5 Å². The van der Waals surface area contributed by atoms with Crippen molar-refractivity contribution in [2.45, 2.75) is 18.5 Å². The highest BCUT2D eigenvalue weighted by atomic mass is 19.1. The first-order valence-corrected chi connectivity index (χ1v) is 11.2. The lowest BCUT2D eigenvalue weighted by Gasteiger charge is -2.36. The van der Waals surface area contributed by atoms with Crippen LogP contribution in [0.15, 0.2) is 72.8 Å². The van der Waals surface area contributed by atoms with Gasteiger partial charge in [0.25, 0.3) is 5.91 Å². The van der Waals surface area contributed by atoms with Crippen LogP contribution in [0, 0.1) is 5.82 Å². The van der Waals surface area contributed by atoms with Crippen LogP contribution in [0.2, 0.25) is 0 Å². The van der Waals surface area contributed by atoms with Crippen LogP contribution in [0.3, 0.4) is 0 Å². The Hall–Kier alpha value is -4.46. The summed E-state index contributed by atoms with van der Waals surface area (Å²) in [7, 11) is 1.25. The molecule has 0 aliphatic carbocycles. The summed E-state index contributed by atoms with van der Waals surface area (Å²) in [4.78, 5) is 46.0.